The Balaban J connectivity index is 0.00000300. The maximum absolute atomic E-state index is 10.6. The number of aliphatic hydroxyl groups is 1. The van der Waals surface area contributed by atoms with Crippen LogP contribution in [0.1, 0.15) is 31.9 Å². The average Bonchev–Trinajstić information content (AvgIpc) is 2.94. The van der Waals surface area contributed by atoms with Gasteiger partial charge in [-0.2, -0.15) is 4.74 Å². The molecule has 0 fully saturated rings. The van der Waals surface area contributed by atoms with E-state index in [1.165, 1.54) is 25.2 Å². The van der Waals surface area contributed by atoms with Crippen molar-refractivity contribution in [2.75, 3.05) is 14.2 Å². The molecule has 0 spiro atoms. The van der Waals surface area contributed by atoms with Gasteiger partial charge in [-0.3, -0.25) is 5.41 Å². The van der Waals surface area contributed by atoms with Gasteiger partial charge in [0.1, 0.15) is 11.5 Å². The van der Waals surface area contributed by atoms with E-state index in [2.05, 4.69) is 0 Å². The maximum atomic E-state index is 10.6. The SMILES string of the molecule is Br.COc1cc2on(/C=C(\O)c3ccc(O)c(C(C)(C)C)c3)c(=N)c2cc1OC. The van der Waals surface area contributed by atoms with Gasteiger partial charge in [0.05, 0.1) is 25.8 Å². The summed E-state index contributed by atoms with van der Waals surface area (Å²) in [6.07, 6.45) is 1.32. The predicted octanol–water partition coefficient (Wildman–Crippen LogP) is 4.83. The first kappa shape index (κ1) is 22.4. The lowest BCUT2D eigenvalue weighted by molar-refractivity contribution is 0.352. The molecule has 0 radical (unpaired) electrons. The van der Waals surface area contributed by atoms with Crippen LogP contribution >= 0.6 is 17.0 Å². The van der Waals surface area contributed by atoms with E-state index in [0.717, 1.165) is 0 Å². The molecule has 0 bridgehead atoms. The smallest absolute Gasteiger partial charge is 0.172 e. The van der Waals surface area contributed by atoms with E-state index >= 15 is 0 Å². The molecule has 29 heavy (non-hydrogen) atoms. The Labute approximate surface area is 179 Å². The lowest BCUT2D eigenvalue weighted by atomic mass is 9.85. The molecule has 0 atom stereocenters. The van der Waals surface area contributed by atoms with E-state index in [1.807, 2.05) is 20.8 Å². The number of phenolic OH excluding ortho intramolecular Hbond substituents is 1. The fourth-order valence-electron chi connectivity index (χ4n) is 2.96. The van der Waals surface area contributed by atoms with Gasteiger partial charge in [-0.1, -0.05) is 20.8 Å². The quantitative estimate of drug-likeness (QED) is 0.480. The molecular weight excluding hydrogens is 440 g/mol. The van der Waals surface area contributed by atoms with Gasteiger partial charge in [0, 0.05) is 11.6 Å². The molecule has 2 aromatic carbocycles. The Morgan fingerprint density at radius 1 is 1.10 bits per heavy atom. The van der Waals surface area contributed by atoms with Crippen LogP contribution in [0.5, 0.6) is 17.2 Å². The fourth-order valence-corrected chi connectivity index (χ4v) is 2.96. The van der Waals surface area contributed by atoms with Gasteiger partial charge in [-0.15, -0.1) is 17.0 Å². The highest BCUT2D eigenvalue weighted by atomic mass is 79.9. The van der Waals surface area contributed by atoms with Crippen LogP contribution in [0, 0.1) is 5.41 Å². The summed E-state index contributed by atoms with van der Waals surface area (Å²) in [5, 5.41) is 29.5. The van der Waals surface area contributed by atoms with Crippen molar-refractivity contribution in [3.63, 3.8) is 0 Å². The van der Waals surface area contributed by atoms with Gasteiger partial charge in [0.2, 0.25) is 0 Å². The van der Waals surface area contributed by atoms with Crippen LogP contribution in [0.3, 0.4) is 0 Å². The minimum absolute atomic E-state index is 0. The fraction of sp³-hybridized carbons (Fsp3) is 0.286. The Kier molecular flexibility index (Phi) is 6.37. The van der Waals surface area contributed by atoms with Gasteiger partial charge in [0.25, 0.3) is 0 Å². The standard InChI is InChI=1S/C21H24N2O5.BrH/c1-21(2,3)14-8-12(6-7-15(14)24)16(25)11-23-20(22)13-9-18(26-4)19(27-5)10-17(13)28-23;/h6-11,22,24-25H,1-5H3;1H/b16-11-,22-20?;. The van der Waals surface area contributed by atoms with E-state index in [0.29, 0.717) is 33.6 Å². The van der Waals surface area contributed by atoms with Crippen molar-refractivity contribution in [3.05, 3.63) is 46.9 Å². The summed E-state index contributed by atoms with van der Waals surface area (Å²) < 4.78 is 17.4. The van der Waals surface area contributed by atoms with Crippen molar-refractivity contribution < 1.29 is 24.2 Å². The van der Waals surface area contributed by atoms with Crippen LogP contribution < -0.4 is 15.0 Å². The minimum atomic E-state index is -0.291. The number of nitrogens with one attached hydrogen (secondary N) is 1. The van der Waals surface area contributed by atoms with Crippen molar-refractivity contribution in [1.29, 1.82) is 5.41 Å². The van der Waals surface area contributed by atoms with Crippen LogP contribution in [-0.2, 0) is 5.41 Å². The molecule has 0 saturated carbocycles. The second-order valence-electron chi connectivity index (χ2n) is 7.47. The Bertz CT molecular complexity index is 1120. The molecule has 0 unspecified atom stereocenters. The van der Waals surface area contributed by atoms with Crippen molar-refractivity contribution >= 4 is 39.9 Å². The molecule has 0 saturated heterocycles. The molecule has 0 amide bonds. The van der Waals surface area contributed by atoms with E-state index in [1.54, 1.807) is 30.3 Å². The molecule has 0 aliphatic heterocycles. The topological polar surface area (TPSA) is 101 Å². The van der Waals surface area contributed by atoms with Crippen molar-refractivity contribution in [3.8, 4) is 17.2 Å². The van der Waals surface area contributed by atoms with Gasteiger partial charge in [0.15, 0.2) is 22.6 Å². The van der Waals surface area contributed by atoms with Crippen molar-refractivity contribution in [1.82, 2.24) is 4.74 Å². The summed E-state index contributed by atoms with van der Waals surface area (Å²) >= 11 is 0. The Morgan fingerprint density at radius 2 is 1.72 bits per heavy atom. The molecule has 3 N–H and O–H groups in total. The Morgan fingerprint density at radius 3 is 2.31 bits per heavy atom. The minimum Gasteiger partial charge on any atom is -0.508 e. The zero-order valence-electron chi connectivity index (χ0n) is 16.9. The van der Waals surface area contributed by atoms with E-state index in [9.17, 15) is 10.2 Å². The highest BCUT2D eigenvalue weighted by molar-refractivity contribution is 8.93. The number of nitrogens with zero attached hydrogens (tertiary/aromatic N) is 1. The molecule has 156 valence electrons. The molecule has 7 nitrogen and oxygen atoms in total. The zero-order chi connectivity index (χ0) is 20.6. The third-order valence-electron chi connectivity index (χ3n) is 4.50. The number of fused-ring (bicyclic) bond motifs is 1. The second kappa shape index (κ2) is 8.24. The largest absolute Gasteiger partial charge is 0.508 e. The summed E-state index contributed by atoms with van der Waals surface area (Å²) in [5.41, 5.74) is 1.40. The summed E-state index contributed by atoms with van der Waals surface area (Å²) in [7, 11) is 3.04. The summed E-state index contributed by atoms with van der Waals surface area (Å²) in [6.45, 7) is 5.93. The number of hydrogen-bond acceptors (Lipinski definition) is 6. The first-order valence-corrected chi connectivity index (χ1v) is 8.72. The first-order valence-electron chi connectivity index (χ1n) is 8.72. The van der Waals surface area contributed by atoms with Crippen molar-refractivity contribution in [2.24, 2.45) is 0 Å². The molecule has 3 rings (SSSR count). The highest BCUT2D eigenvalue weighted by Gasteiger charge is 2.19. The number of rotatable bonds is 4. The normalized spacial score (nSPS) is 12.0. The number of aromatic nitrogens is 1. The number of aliphatic hydroxyl groups excluding tert-OH is 1. The monoisotopic (exact) mass is 464 g/mol. The van der Waals surface area contributed by atoms with Gasteiger partial charge in [-0.25, -0.2) is 0 Å². The average molecular weight is 465 g/mol. The number of halogens is 1. The van der Waals surface area contributed by atoms with Crippen LogP contribution in [0.25, 0.3) is 22.9 Å². The van der Waals surface area contributed by atoms with Crippen LogP contribution in [-0.4, -0.2) is 29.2 Å². The Hall–Kier alpha value is -2.87. The van der Waals surface area contributed by atoms with Crippen LogP contribution in [0.2, 0.25) is 0 Å². The summed E-state index contributed by atoms with van der Waals surface area (Å²) in [4.78, 5) is 0. The number of ether oxygens (including phenoxy) is 2. The highest BCUT2D eigenvalue weighted by Crippen LogP contribution is 2.33. The van der Waals surface area contributed by atoms with Gasteiger partial charge in [-0.05, 0) is 35.2 Å². The second-order valence-corrected chi connectivity index (χ2v) is 7.47. The van der Waals surface area contributed by atoms with E-state index in [4.69, 9.17) is 19.4 Å². The lowest BCUT2D eigenvalue weighted by Crippen LogP contribution is -2.12. The van der Waals surface area contributed by atoms with Gasteiger partial charge >= 0.3 is 0 Å². The number of benzene rings is 2. The summed E-state index contributed by atoms with van der Waals surface area (Å²) in [6, 6.07) is 8.15. The number of aromatic hydroxyl groups is 1. The van der Waals surface area contributed by atoms with E-state index in [-0.39, 0.29) is 39.4 Å². The number of phenols is 1. The molecule has 0 aliphatic rings. The maximum Gasteiger partial charge on any atom is 0.172 e. The van der Waals surface area contributed by atoms with Gasteiger partial charge < -0.3 is 24.2 Å². The number of methoxy groups -OCH3 is 2. The third kappa shape index (κ3) is 4.27. The lowest BCUT2D eigenvalue weighted by Gasteiger charge is -2.21. The molecule has 1 heterocycles. The summed E-state index contributed by atoms with van der Waals surface area (Å²) in [5.74, 6) is 1.04. The molecule has 1 aromatic heterocycles. The molecule has 3 aromatic rings. The molecule has 8 heteroatoms. The van der Waals surface area contributed by atoms with Crippen molar-refractivity contribution in [2.45, 2.75) is 26.2 Å². The van der Waals surface area contributed by atoms with E-state index < -0.39 is 0 Å². The molecular formula is C21H25BrN2O5. The predicted molar refractivity (Wildman–Crippen MR) is 117 cm³/mol. The zero-order valence-corrected chi connectivity index (χ0v) is 18.7. The number of hydrogen-bond donors (Lipinski definition) is 3. The van der Waals surface area contributed by atoms with Crippen LogP contribution in [0.15, 0.2) is 34.9 Å². The third-order valence-corrected chi connectivity index (χ3v) is 4.50. The van der Waals surface area contributed by atoms with Crippen LogP contribution in [0.4, 0.5) is 0 Å². The first-order chi connectivity index (χ1) is 13.2. The molecule has 0 aliphatic carbocycles.